The predicted octanol–water partition coefficient (Wildman–Crippen LogP) is 8.97. The summed E-state index contributed by atoms with van der Waals surface area (Å²) in [6.45, 7) is 0. The highest BCUT2D eigenvalue weighted by Gasteiger charge is 2.26. The van der Waals surface area contributed by atoms with E-state index in [4.69, 9.17) is 9.47 Å². The summed E-state index contributed by atoms with van der Waals surface area (Å²) in [5, 5.41) is 8.30. The summed E-state index contributed by atoms with van der Waals surface area (Å²) < 4.78 is 11.9. The summed E-state index contributed by atoms with van der Waals surface area (Å²) in [5.41, 5.74) is 7.29. The zero-order valence-electron chi connectivity index (χ0n) is 21.3. The van der Waals surface area contributed by atoms with Crippen LogP contribution in [0.5, 0.6) is 0 Å². The first kappa shape index (κ1) is 25.7. The molecule has 0 bridgehead atoms. The van der Waals surface area contributed by atoms with Crippen molar-refractivity contribution < 1.29 is 14.3 Å². The highest BCUT2D eigenvalue weighted by molar-refractivity contribution is 7.08. The number of thiophene rings is 2. The van der Waals surface area contributed by atoms with Gasteiger partial charge in [-0.2, -0.15) is 22.7 Å². The lowest BCUT2D eigenvalue weighted by Gasteiger charge is -2.22. The fraction of sp³-hybridized carbons (Fsp3) is 0.0606. The molecule has 4 aromatic heterocycles. The molecule has 7 heteroatoms. The van der Waals surface area contributed by atoms with Crippen LogP contribution in [0.15, 0.2) is 131 Å². The average Bonchev–Trinajstić information content (AvgIpc) is 3.76. The van der Waals surface area contributed by atoms with Crippen molar-refractivity contribution in [1.29, 1.82) is 0 Å². The summed E-state index contributed by atoms with van der Waals surface area (Å²) in [7, 11) is 0. The molecule has 0 amide bonds. The van der Waals surface area contributed by atoms with E-state index in [1.807, 2.05) is 95.7 Å². The number of benzene rings is 2. The van der Waals surface area contributed by atoms with Crippen molar-refractivity contribution >= 4 is 28.8 Å². The molecule has 40 heavy (non-hydrogen) atoms. The van der Waals surface area contributed by atoms with Crippen LogP contribution in [0.2, 0.25) is 0 Å². The van der Waals surface area contributed by atoms with Gasteiger partial charge in [-0.1, -0.05) is 60.7 Å². The lowest BCUT2D eigenvalue weighted by Crippen LogP contribution is -2.19. The number of aromatic nitrogens is 2. The van der Waals surface area contributed by atoms with Crippen LogP contribution in [0, 0.1) is 0 Å². The van der Waals surface area contributed by atoms with E-state index < -0.39 is 18.4 Å². The first-order valence-corrected chi connectivity index (χ1v) is 14.6. The molecule has 4 heterocycles. The van der Waals surface area contributed by atoms with Gasteiger partial charge in [-0.3, -0.25) is 9.97 Å². The van der Waals surface area contributed by atoms with Crippen molar-refractivity contribution in [3.05, 3.63) is 153 Å². The third-order valence-electron chi connectivity index (χ3n) is 6.48. The molecule has 0 aliphatic carbocycles. The van der Waals surface area contributed by atoms with Gasteiger partial charge in [0.15, 0.2) is 12.2 Å². The van der Waals surface area contributed by atoms with Crippen molar-refractivity contribution in [1.82, 2.24) is 9.97 Å². The summed E-state index contributed by atoms with van der Waals surface area (Å²) in [6, 6.07) is 31.1. The molecular formula is C33H24N2O3S2. The van der Waals surface area contributed by atoms with Gasteiger partial charge in [0.05, 0.1) is 11.4 Å². The van der Waals surface area contributed by atoms with Crippen molar-refractivity contribution in [2.75, 3.05) is 0 Å². The first-order valence-electron chi connectivity index (χ1n) is 12.7. The molecule has 0 aliphatic rings. The molecule has 6 aromatic rings. The molecule has 0 saturated heterocycles. The Morgan fingerprint density at radius 1 is 0.550 bits per heavy atom. The van der Waals surface area contributed by atoms with Crippen LogP contribution in [0.25, 0.3) is 22.3 Å². The molecule has 2 unspecified atom stereocenters. The molecule has 0 spiro atoms. The second kappa shape index (κ2) is 12.1. The van der Waals surface area contributed by atoms with Crippen molar-refractivity contribution in [3.63, 3.8) is 0 Å². The van der Waals surface area contributed by atoms with Gasteiger partial charge in [0.1, 0.15) is 0 Å². The topological polar surface area (TPSA) is 61.3 Å². The minimum atomic E-state index is -0.810. The number of nitrogens with zero attached hydrogens (tertiary/aromatic N) is 2. The molecule has 0 aliphatic heterocycles. The smallest absolute Gasteiger partial charge is 0.419 e. The number of carbonyl (C=O) groups excluding carboxylic acids is 1. The van der Waals surface area contributed by atoms with Gasteiger partial charge in [-0.05, 0) is 91.3 Å². The van der Waals surface area contributed by atoms with Crippen LogP contribution in [0.4, 0.5) is 4.79 Å². The number of ether oxygens (including phenoxy) is 2. The second-order valence-electron chi connectivity index (χ2n) is 9.02. The molecule has 0 radical (unpaired) electrons. The number of pyridine rings is 2. The lowest BCUT2D eigenvalue weighted by molar-refractivity contribution is 0.0147. The Balaban J connectivity index is 1.27. The Morgan fingerprint density at radius 2 is 1.00 bits per heavy atom. The summed E-state index contributed by atoms with van der Waals surface area (Å²) in [5.74, 6) is 0. The summed E-state index contributed by atoms with van der Waals surface area (Å²) in [4.78, 5) is 22.3. The number of hydrogen-bond acceptors (Lipinski definition) is 7. The van der Waals surface area contributed by atoms with Gasteiger partial charge in [0.25, 0.3) is 0 Å². The van der Waals surface area contributed by atoms with Crippen LogP contribution in [0.3, 0.4) is 0 Å². The van der Waals surface area contributed by atoms with E-state index in [0.717, 1.165) is 33.4 Å². The van der Waals surface area contributed by atoms with E-state index in [2.05, 4.69) is 32.9 Å². The monoisotopic (exact) mass is 560 g/mol. The Labute approximate surface area is 240 Å². The maximum atomic E-state index is 13.4. The van der Waals surface area contributed by atoms with Gasteiger partial charge in [-0.15, -0.1) is 0 Å². The number of carbonyl (C=O) groups is 1. The van der Waals surface area contributed by atoms with E-state index in [0.29, 0.717) is 11.4 Å². The Hall–Kier alpha value is -4.59. The van der Waals surface area contributed by atoms with E-state index in [-0.39, 0.29) is 0 Å². The van der Waals surface area contributed by atoms with Crippen LogP contribution in [-0.4, -0.2) is 16.1 Å². The van der Waals surface area contributed by atoms with E-state index in [1.54, 1.807) is 35.1 Å². The second-order valence-corrected chi connectivity index (χ2v) is 10.6. The third-order valence-corrected chi connectivity index (χ3v) is 7.84. The lowest BCUT2D eigenvalue weighted by atomic mass is 10.0. The zero-order chi connectivity index (χ0) is 27.1. The molecule has 5 nitrogen and oxygen atoms in total. The average molecular weight is 561 g/mol. The Kier molecular flexibility index (Phi) is 7.75. The quantitative estimate of drug-likeness (QED) is 0.174. The van der Waals surface area contributed by atoms with Crippen molar-refractivity contribution in [2.24, 2.45) is 0 Å². The fourth-order valence-corrected chi connectivity index (χ4v) is 5.77. The van der Waals surface area contributed by atoms with Crippen LogP contribution < -0.4 is 0 Å². The van der Waals surface area contributed by atoms with Crippen molar-refractivity contribution in [2.45, 2.75) is 12.2 Å². The minimum absolute atomic E-state index is 0.609. The molecule has 2 atom stereocenters. The third kappa shape index (κ3) is 5.86. The highest BCUT2D eigenvalue weighted by Crippen LogP contribution is 2.32. The standard InChI is InChI=1S/C33H24N2O3S2/c36-33(37-31(29-5-1-3-17-34-29)25-11-7-23(8-12-25)27-15-19-39-21-27)38-32(30-6-2-4-18-35-30)26-13-9-24(10-14-26)28-16-20-40-22-28/h1-22,31-32H. The summed E-state index contributed by atoms with van der Waals surface area (Å²) in [6.07, 6.45) is 1.08. The molecule has 2 aromatic carbocycles. The van der Waals surface area contributed by atoms with Gasteiger partial charge in [0.2, 0.25) is 0 Å². The highest BCUT2D eigenvalue weighted by atomic mass is 32.1. The normalized spacial score (nSPS) is 12.4. The number of rotatable bonds is 8. The van der Waals surface area contributed by atoms with E-state index >= 15 is 0 Å². The molecule has 0 N–H and O–H groups in total. The molecule has 0 saturated carbocycles. The SMILES string of the molecule is O=C(OC(c1ccc(-c2ccsc2)cc1)c1ccccn1)OC(c1ccc(-c2ccsc2)cc1)c1ccccn1. The number of hydrogen-bond donors (Lipinski definition) is 0. The largest absolute Gasteiger partial charge is 0.510 e. The summed E-state index contributed by atoms with van der Waals surface area (Å²) >= 11 is 3.30. The maximum Gasteiger partial charge on any atom is 0.510 e. The molecule has 196 valence electrons. The predicted molar refractivity (Wildman–Crippen MR) is 159 cm³/mol. The Morgan fingerprint density at radius 3 is 1.35 bits per heavy atom. The van der Waals surface area contributed by atoms with Crippen LogP contribution in [0.1, 0.15) is 34.7 Å². The maximum absolute atomic E-state index is 13.4. The zero-order valence-corrected chi connectivity index (χ0v) is 22.9. The van der Waals surface area contributed by atoms with Crippen molar-refractivity contribution in [3.8, 4) is 22.3 Å². The fourth-order valence-electron chi connectivity index (χ4n) is 4.44. The van der Waals surface area contributed by atoms with E-state index in [9.17, 15) is 4.79 Å². The van der Waals surface area contributed by atoms with Gasteiger partial charge in [-0.25, -0.2) is 4.79 Å². The first-order chi connectivity index (χ1) is 19.7. The van der Waals surface area contributed by atoms with Gasteiger partial charge in [0, 0.05) is 12.4 Å². The Bertz CT molecular complexity index is 1510. The molecule has 6 rings (SSSR count). The van der Waals surface area contributed by atoms with Gasteiger partial charge >= 0.3 is 6.16 Å². The van der Waals surface area contributed by atoms with Gasteiger partial charge < -0.3 is 9.47 Å². The molecule has 0 fully saturated rings. The van der Waals surface area contributed by atoms with Crippen LogP contribution >= 0.6 is 22.7 Å². The minimum Gasteiger partial charge on any atom is -0.419 e. The van der Waals surface area contributed by atoms with Crippen LogP contribution in [-0.2, 0) is 9.47 Å². The van der Waals surface area contributed by atoms with E-state index in [1.165, 1.54) is 0 Å². The molecular weight excluding hydrogens is 537 g/mol.